The number of nitrogens with one attached hydrogen (secondary N) is 1. The molecule has 0 unspecified atom stereocenters. The van der Waals surface area contributed by atoms with Crippen LogP contribution in [0.2, 0.25) is 0 Å². The monoisotopic (exact) mass is 443 g/mol. The van der Waals surface area contributed by atoms with E-state index in [1.165, 1.54) is 12.0 Å². The molecule has 1 heterocycles. The summed E-state index contributed by atoms with van der Waals surface area (Å²) in [5.74, 6) is 1.52. The van der Waals surface area contributed by atoms with Gasteiger partial charge in [0.05, 0.1) is 6.10 Å². The minimum absolute atomic E-state index is 0.00415. The molecule has 5 heteroatoms. The van der Waals surface area contributed by atoms with E-state index in [9.17, 15) is 9.59 Å². The van der Waals surface area contributed by atoms with Gasteiger partial charge in [-0.25, -0.2) is 0 Å². The lowest BCUT2D eigenvalue weighted by molar-refractivity contribution is -0.145. The highest BCUT2D eigenvalue weighted by molar-refractivity contribution is 14.1. The first-order valence-corrected chi connectivity index (χ1v) is 10.1. The van der Waals surface area contributed by atoms with Crippen LogP contribution in [0.25, 0.3) is 0 Å². The molecule has 0 bridgehead atoms. The Morgan fingerprint density at radius 2 is 2.04 bits per heavy atom. The number of ketones is 1. The van der Waals surface area contributed by atoms with E-state index >= 15 is 0 Å². The maximum absolute atomic E-state index is 13.3. The third kappa shape index (κ3) is 2.26. The summed E-state index contributed by atoms with van der Waals surface area (Å²) >= 11 is 2.02. The van der Waals surface area contributed by atoms with Gasteiger partial charge in [0.25, 0.3) is 0 Å². The van der Waals surface area contributed by atoms with E-state index in [-0.39, 0.29) is 28.8 Å². The second-order valence-corrected chi connectivity index (χ2v) is 9.23. The Bertz CT molecular complexity index is 618. The number of fused-ring (bicyclic) bond motifs is 5. The van der Waals surface area contributed by atoms with Crippen LogP contribution in [0, 0.1) is 28.6 Å². The zero-order valence-corrected chi connectivity index (χ0v) is 16.6. The number of hydrogen-bond donors (Lipinski definition) is 1. The molecule has 0 aromatic carbocycles. The molecule has 0 aromatic rings. The first-order valence-electron chi connectivity index (χ1n) is 9.19. The quantitative estimate of drug-likeness (QED) is 0.631. The van der Waals surface area contributed by atoms with Gasteiger partial charge in [0.2, 0.25) is 5.91 Å². The van der Waals surface area contributed by atoms with Gasteiger partial charge in [-0.2, -0.15) is 0 Å². The Morgan fingerprint density at radius 1 is 1.25 bits per heavy atom. The summed E-state index contributed by atoms with van der Waals surface area (Å²) < 4.78 is 5.73. The predicted molar refractivity (Wildman–Crippen MR) is 99.4 cm³/mol. The summed E-state index contributed by atoms with van der Waals surface area (Å²) in [6.45, 7) is 5.18. The van der Waals surface area contributed by atoms with E-state index in [0.717, 1.165) is 25.7 Å². The minimum atomic E-state index is -0.149. The largest absolute Gasteiger partial charge is 0.353 e. The Hall–Kier alpha value is -0.430. The fourth-order valence-corrected chi connectivity index (χ4v) is 7.33. The molecule has 4 rings (SSSR count). The third-order valence-corrected chi connectivity index (χ3v) is 8.31. The van der Waals surface area contributed by atoms with Crippen LogP contribution >= 0.6 is 23.0 Å². The number of carbonyl (C=O) groups excluding carboxylic acids is 2. The topological polar surface area (TPSA) is 55.4 Å². The van der Waals surface area contributed by atoms with Gasteiger partial charge >= 0.3 is 0 Å². The zero-order valence-electron chi connectivity index (χ0n) is 14.4. The Labute approximate surface area is 157 Å². The van der Waals surface area contributed by atoms with Gasteiger partial charge in [0, 0.05) is 35.8 Å². The first kappa shape index (κ1) is 17.0. The molecular weight excluding hydrogens is 417 g/mol. The lowest BCUT2D eigenvalue weighted by Gasteiger charge is -2.55. The highest BCUT2D eigenvalue weighted by Crippen LogP contribution is 2.64. The van der Waals surface area contributed by atoms with Gasteiger partial charge in [-0.15, -0.1) is 0 Å². The SMILES string of the molecule is C[C@]12CC(=O)[C@H]3[C@@H](CCC4=CC(=O)NCC[C@@]43C)[C@@H]1CC[C@@H]2OI. The minimum Gasteiger partial charge on any atom is -0.353 e. The smallest absolute Gasteiger partial charge is 0.243 e. The van der Waals surface area contributed by atoms with Crippen molar-refractivity contribution in [3.8, 4) is 0 Å². The van der Waals surface area contributed by atoms with Crippen molar-refractivity contribution in [3.63, 3.8) is 0 Å². The van der Waals surface area contributed by atoms with Crippen LogP contribution in [0.4, 0.5) is 0 Å². The normalized spacial score (nSPS) is 47.9. The molecule has 1 N–H and O–H groups in total. The number of amides is 1. The van der Waals surface area contributed by atoms with Crippen LogP contribution in [0.3, 0.4) is 0 Å². The van der Waals surface area contributed by atoms with Gasteiger partial charge in [0.1, 0.15) is 28.8 Å². The molecule has 24 heavy (non-hydrogen) atoms. The third-order valence-electron chi connectivity index (χ3n) is 7.69. The summed E-state index contributed by atoms with van der Waals surface area (Å²) in [5, 5.41) is 2.96. The molecule has 3 aliphatic carbocycles. The van der Waals surface area contributed by atoms with Crippen molar-refractivity contribution in [2.45, 2.75) is 58.5 Å². The molecule has 3 saturated carbocycles. The van der Waals surface area contributed by atoms with Crippen molar-refractivity contribution >= 4 is 34.7 Å². The van der Waals surface area contributed by atoms with Crippen LogP contribution in [0.15, 0.2) is 11.6 Å². The number of halogens is 1. The van der Waals surface area contributed by atoms with Gasteiger partial charge in [-0.1, -0.05) is 19.4 Å². The molecule has 4 aliphatic rings. The zero-order chi connectivity index (χ0) is 17.1. The average molecular weight is 443 g/mol. The van der Waals surface area contributed by atoms with Crippen LogP contribution in [0.5, 0.6) is 0 Å². The van der Waals surface area contributed by atoms with Crippen LogP contribution in [-0.2, 0) is 12.7 Å². The van der Waals surface area contributed by atoms with E-state index in [1.807, 2.05) is 23.0 Å². The number of hydrogen-bond acceptors (Lipinski definition) is 3. The molecule has 1 amide bonds. The second kappa shape index (κ2) is 5.79. The van der Waals surface area contributed by atoms with Gasteiger partial charge in [-0.3, -0.25) is 9.59 Å². The van der Waals surface area contributed by atoms with Crippen molar-refractivity contribution in [2.75, 3.05) is 6.54 Å². The number of allylic oxidation sites excluding steroid dienone is 1. The van der Waals surface area contributed by atoms with Crippen molar-refractivity contribution in [1.82, 2.24) is 5.32 Å². The standard InChI is InChI=1S/C19H26INO3/c1-18-7-8-21-16(23)9-11(18)3-4-12-13-5-6-15(24-20)19(13,2)10-14(22)17(12)18/h9,12-13,15,17H,3-8,10H2,1-2H3,(H,21,23)/t12-,13-,15-,17+,18-,19-/m0/s1. The Balaban J connectivity index is 1.74. The second-order valence-electron chi connectivity index (χ2n) is 8.72. The van der Waals surface area contributed by atoms with Crippen molar-refractivity contribution in [3.05, 3.63) is 11.6 Å². The predicted octanol–water partition coefficient (Wildman–Crippen LogP) is 3.59. The molecule has 6 atom stereocenters. The summed E-state index contributed by atoms with van der Waals surface area (Å²) in [5.41, 5.74) is 1.05. The van der Waals surface area contributed by atoms with Gasteiger partial charge < -0.3 is 8.38 Å². The molecule has 132 valence electrons. The highest BCUT2D eigenvalue weighted by Gasteiger charge is 2.62. The van der Waals surface area contributed by atoms with Crippen molar-refractivity contribution in [2.24, 2.45) is 28.6 Å². The maximum atomic E-state index is 13.3. The van der Waals surface area contributed by atoms with Gasteiger partial charge in [0.15, 0.2) is 0 Å². The summed E-state index contributed by atoms with van der Waals surface area (Å²) in [6, 6.07) is 0. The first-order chi connectivity index (χ1) is 11.4. The molecule has 0 spiro atoms. The van der Waals surface area contributed by atoms with E-state index in [4.69, 9.17) is 3.07 Å². The fourth-order valence-electron chi connectivity index (χ4n) is 6.49. The van der Waals surface area contributed by atoms with Crippen LogP contribution < -0.4 is 5.32 Å². The van der Waals surface area contributed by atoms with E-state index in [2.05, 4.69) is 19.2 Å². The maximum Gasteiger partial charge on any atom is 0.243 e. The Morgan fingerprint density at radius 3 is 2.79 bits per heavy atom. The molecule has 0 saturated heterocycles. The molecule has 0 aromatic heterocycles. The number of Topliss-reactive ketones (excluding diaryl/α,β-unsaturated/α-hetero) is 1. The average Bonchev–Trinajstić information content (AvgIpc) is 2.76. The van der Waals surface area contributed by atoms with Crippen molar-refractivity contribution in [1.29, 1.82) is 0 Å². The highest BCUT2D eigenvalue weighted by atomic mass is 127. The fraction of sp³-hybridized carbons (Fsp3) is 0.789. The molecule has 3 fully saturated rings. The van der Waals surface area contributed by atoms with E-state index in [1.54, 1.807) is 6.08 Å². The van der Waals surface area contributed by atoms with Crippen LogP contribution in [-0.4, -0.2) is 24.3 Å². The summed E-state index contributed by atoms with van der Waals surface area (Å²) in [6.07, 6.45) is 7.75. The molecule has 4 nitrogen and oxygen atoms in total. The van der Waals surface area contributed by atoms with Crippen molar-refractivity contribution < 1.29 is 12.7 Å². The van der Waals surface area contributed by atoms with E-state index in [0.29, 0.717) is 30.6 Å². The molecular formula is C19H26INO3. The number of rotatable bonds is 1. The van der Waals surface area contributed by atoms with Crippen LogP contribution in [0.1, 0.15) is 52.4 Å². The Kier molecular flexibility index (Phi) is 4.11. The molecule has 1 aliphatic heterocycles. The van der Waals surface area contributed by atoms with E-state index < -0.39 is 0 Å². The number of carbonyl (C=O) groups is 2. The lowest BCUT2D eigenvalue weighted by atomic mass is 9.48. The van der Waals surface area contributed by atoms with Gasteiger partial charge in [-0.05, 0) is 43.9 Å². The lowest BCUT2D eigenvalue weighted by Crippen LogP contribution is -2.55. The molecule has 0 radical (unpaired) electrons. The summed E-state index contributed by atoms with van der Waals surface area (Å²) in [4.78, 5) is 25.2. The summed E-state index contributed by atoms with van der Waals surface area (Å²) in [7, 11) is 0.